The highest BCUT2D eigenvalue weighted by Crippen LogP contribution is 2.34. The van der Waals surface area contributed by atoms with Crippen molar-refractivity contribution in [2.24, 2.45) is 0 Å². The van der Waals surface area contributed by atoms with Crippen molar-refractivity contribution < 1.29 is 18.0 Å². The topological polar surface area (TPSA) is 51.0 Å². The summed E-state index contributed by atoms with van der Waals surface area (Å²) in [5, 5.41) is 0.474. The van der Waals surface area contributed by atoms with Gasteiger partial charge < -0.3 is 4.57 Å². The van der Waals surface area contributed by atoms with Crippen LogP contribution in [0.1, 0.15) is 33.5 Å². The molecule has 0 atom stereocenters. The van der Waals surface area contributed by atoms with Crippen LogP contribution < -0.4 is 4.90 Å². The van der Waals surface area contributed by atoms with Crippen LogP contribution in [0.15, 0.2) is 55.1 Å². The summed E-state index contributed by atoms with van der Waals surface area (Å²) in [7, 11) is 0. The second kappa shape index (κ2) is 9.93. The largest absolute Gasteiger partial charge is 0.416 e. The number of hydrogen-bond donors (Lipinski definition) is 0. The number of amides is 1. The number of benzene rings is 2. The molecule has 0 aliphatic carbocycles. The van der Waals surface area contributed by atoms with Gasteiger partial charge in [-0.3, -0.25) is 9.69 Å². The number of halogens is 4. The molecule has 2 aromatic heterocycles. The Bertz CT molecular complexity index is 1250. The third-order valence-electron chi connectivity index (χ3n) is 5.08. The Morgan fingerprint density at radius 2 is 1.97 bits per heavy atom. The van der Waals surface area contributed by atoms with Gasteiger partial charge in [-0.1, -0.05) is 23.5 Å². The molecular weight excluding hydrogens is 473 g/mol. The smallest absolute Gasteiger partial charge is 0.337 e. The van der Waals surface area contributed by atoms with Crippen molar-refractivity contribution >= 4 is 45.0 Å². The van der Waals surface area contributed by atoms with E-state index in [1.807, 2.05) is 36.7 Å². The number of carbonyl (C=O) groups is 1. The minimum Gasteiger partial charge on any atom is -0.337 e. The maximum absolute atomic E-state index is 13.4. The molecule has 0 aliphatic rings. The van der Waals surface area contributed by atoms with Crippen LogP contribution in [-0.4, -0.2) is 27.0 Å². The third-order valence-corrected chi connectivity index (χ3v) is 6.31. The number of rotatable bonds is 6. The predicted octanol–water partition coefficient (Wildman–Crippen LogP) is 6.29. The molecule has 174 valence electrons. The van der Waals surface area contributed by atoms with Gasteiger partial charge in [0.2, 0.25) is 0 Å². The molecule has 0 aliphatic heterocycles. The summed E-state index contributed by atoms with van der Waals surface area (Å²) in [5.74, 6) is -0.504. The maximum atomic E-state index is 13.4. The van der Waals surface area contributed by atoms with Gasteiger partial charge >= 0.3 is 6.18 Å². The van der Waals surface area contributed by atoms with E-state index in [0.29, 0.717) is 24.6 Å². The van der Waals surface area contributed by atoms with Gasteiger partial charge in [0.25, 0.3) is 5.91 Å². The van der Waals surface area contributed by atoms with Gasteiger partial charge in [-0.25, -0.2) is 9.97 Å². The summed E-state index contributed by atoms with van der Waals surface area (Å²) < 4.78 is 42.4. The Morgan fingerprint density at radius 1 is 1.18 bits per heavy atom. The minimum atomic E-state index is -4.52. The zero-order valence-corrected chi connectivity index (χ0v) is 19.6. The van der Waals surface area contributed by atoms with Crippen molar-refractivity contribution in [3.05, 3.63) is 77.4 Å². The SMILES string of the molecule is Cc1cc(C)c2sc(N(CCCn3ccnc3)C(=O)c3cccc(C(F)(F)F)c3)nc2c1.Cl. The predicted molar refractivity (Wildman–Crippen MR) is 126 cm³/mol. The fourth-order valence-corrected chi connectivity index (χ4v) is 4.62. The fourth-order valence-electron chi connectivity index (χ4n) is 3.58. The average molecular weight is 495 g/mol. The van der Waals surface area contributed by atoms with Crippen molar-refractivity contribution in [1.29, 1.82) is 0 Å². The van der Waals surface area contributed by atoms with Gasteiger partial charge in [-0.15, -0.1) is 12.4 Å². The lowest BCUT2D eigenvalue weighted by molar-refractivity contribution is -0.137. The van der Waals surface area contributed by atoms with Gasteiger partial charge in [0, 0.05) is 31.0 Å². The number of carbonyl (C=O) groups excluding carboxylic acids is 1. The molecule has 0 unspecified atom stereocenters. The minimum absolute atomic E-state index is 0. The fraction of sp³-hybridized carbons (Fsp3) is 0.261. The molecule has 5 nitrogen and oxygen atoms in total. The van der Waals surface area contributed by atoms with Gasteiger partial charge in [-0.2, -0.15) is 13.2 Å². The second-order valence-electron chi connectivity index (χ2n) is 7.62. The summed E-state index contributed by atoms with van der Waals surface area (Å²) in [6.07, 6.45) is 1.25. The van der Waals surface area contributed by atoms with E-state index in [1.54, 1.807) is 12.5 Å². The molecule has 4 aromatic rings. The molecule has 0 N–H and O–H groups in total. The second-order valence-corrected chi connectivity index (χ2v) is 8.59. The van der Waals surface area contributed by atoms with E-state index >= 15 is 0 Å². The molecule has 2 heterocycles. The van der Waals surface area contributed by atoms with Crippen molar-refractivity contribution in [3.63, 3.8) is 0 Å². The number of alkyl halides is 3. The van der Waals surface area contributed by atoms with Crippen LogP contribution in [0.25, 0.3) is 10.2 Å². The van der Waals surface area contributed by atoms with Gasteiger partial charge in [-0.05, 0) is 55.7 Å². The average Bonchev–Trinajstić information content (AvgIpc) is 3.40. The number of nitrogens with zero attached hydrogens (tertiary/aromatic N) is 4. The van der Waals surface area contributed by atoms with Crippen molar-refractivity contribution in [2.75, 3.05) is 11.4 Å². The number of hydrogen-bond acceptors (Lipinski definition) is 4. The first-order valence-electron chi connectivity index (χ1n) is 10.0. The van der Waals surface area contributed by atoms with Crippen LogP contribution >= 0.6 is 23.7 Å². The number of fused-ring (bicyclic) bond motifs is 1. The van der Waals surface area contributed by atoms with Crippen LogP contribution in [-0.2, 0) is 12.7 Å². The summed E-state index contributed by atoms with van der Waals surface area (Å²) in [6.45, 7) is 4.89. The highest BCUT2D eigenvalue weighted by atomic mass is 35.5. The molecule has 4 rings (SSSR count). The first-order valence-corrected chi connectivity index (χ1v) is 10.9. The van der Waals surface area contributed by atoms with Crippen LogP contribution in [0.4, 0.5) is 18.3 Å². The van der Waals surface area contributed by atoms with Crippen molar-refractivity contribution in [2.45, 2.75) is 33.0 Å². The quantitative estimate of drug-likeness (QED) is 0.316. The molecule has 2 aromatic carbocycles. The highest BCUT2D eigenvalue weighted by molar-refractivity contribution is 7.22. The molecule has 0 saturated heterocycles. The summed E-state index contributed by atoms with van der Waals surface area (Å²) >= 11 is 1.37. The van der Waals surface area contributed by atoms with E-state index in [1.165, 1.54) is 28.4 Å². The standard InChI is InChI=1S/C23H21F3N4OS.ClH/c1-15-11-16(2)20-19(12-15)28-22(32-20)30(9-4-8-29-10-7-27-14-29)21(31)17-5-3-6-18(13-17)23(24,25)26;/h3,5-7,10-14H,4,8-9H2,1-2H3;1H. The van der Waals surface area contributed by atoms with Crippen molar-refractivity contribution in [1.82, 2.24) is 14.5 Å². The Balaban J connectivity index is 0.00000306. The zero-order valence-electron chi connectivity index (χ0n) is 18.0. The summed E-state index contributed by atoms with van der Waals surface area (Å²) in [6, 6.07) is 8.51. The third kappa shape index (κ3) is 5.54. The van der Waals surface area contributed by atoms with Gasteiger partial charge in [0.05, 0.1) is 22.1 Å². The monoisotopic (exact) mass is 494 g/mol. The van der Waals surface area contributed by atoms with Crippen LogP contribution in [0.3, 0.4) is 0 Å². The number of aromatic nitrogens is 3. The van der Waals surface area contributed by atoms with Crippen molar-refractivity contribution in [3.8, 4) is 0 Å². The van der Waals surface area contributed by atoms with Crippen LogP contribution in [0.5, 0.6) is 0 Å². The van der Waals surface area contributed by atoms with E-state index in [9.17, 15) is 18.0 Å². The summed E-state index contributed by atoms with van der Waals surface area (Å²) in [5.41, 5.74) is 2.02. The van der Waals surface area contributed by atoms with E-state index < -0.39 is 17.6 Å². The van der Waals surface area contributed by atoms with Gasteiger partial charge in [0.1, 0.15) is 0 Å². The summed E-state index contributed by atoms with van der Waals surface area (Å²) in [4.78, 5) is 23.5. The molecule has 0 bridgehead atoms. The molecule has 0 spiro atoms. The normalized spacial score (nSPS) is 11.4. The maximum Gasteiger partial charge on any atom is 0.416 e. The highest BCUT2D eigenvalue weighted by Gasteiger charge is 2.31. The van der Waals surface area contributed by atoms with E-state index in [0.717, 1.165) is 33.5 Å². The van der Waals surface area contributed by atoms with E-state index in [2.05, 4.69) is 9.97 Å². The molecule has 1 amide bonds. The Labute approximate surface area is 199 Å². The Morgan fingerprint density at radius 3 is 2.67 bits per heavy atom. The first-order chi connectivity index (χ1) is 15.2. The van der Waals surface area contributed by atoms with Crippen LogP contribution in [0.2, 0.25) is 0 Å². The lowest BCUT2D eigenvalue weighted by atomic mass is 10.1. The molecule has 10 heteroatoms. The molecular formula is C23H22ClF3N4OS. The van der Waals surface area contributed by atoms with Crippen LogP contribution in [0, 0.1) is 13.8 Å². The van der Waals surface area contributed by atoms with Gasteiger partial charge in [0.15, 0.2) is 5.13 Å². The number of imidazole rings is 1. The Kier molecular flexibility index (Phi) is 7.44. The number of thiazole rings is 1. The molecule has 33 heavy (non-hydrogen) atoms. The first kappa shape index (κ1) is 24.7. The molecule has 0 saturated carbocycles. The number of aryl methyl sites for hydroxylation is 3. The molecule has 0 radical (unpaired) electrons. The number of anilines is 1. The molecule has 0 fully saturated rings. The zero-order chi connectivity index (χ0) is 22.9. The lowest BCUT2D eigenvalue weighted by Gasteiger charge is -2.20. The van der Waals surface area contributed by atoms with E-state index in [-0.39, 0.29) is 18.0 Å². The lowest BCUT2D eigenvalue weighted by Crippen LogP contribution is -2.32. The van der Waals surface area contributed by atoms with E-state index in [4.69, 9.17) is 0 Å². The Hall–Kier alpha value is -2.91.